The minimum atomic E-state index is -0.895. The van der Waals surface area contributed by atoms with Gasteiger partial charge in [0.05, 0.1) is 39.9 Å². The van der Waals surface area contributed by atoms with Gasteiger partial charge < -0.3 is 14.6 Å². The number of rotatable bonds is 10. The third kappa shape index (κ3) is 5.23. The number of amides is 1. The van der Waals surface area contributed by atoms with Gasteiger partial charge in [-0.3, -0.25) is 14.5 Å². The highest BCUT2D eigenvalue weighted by atomic mass is 32.1. The van der Waals surface area contributed by atoms with E-state index in [1.165, 1.54) is 27.6 Å². The maximum atomic E-state index is 13.7. The molecule has 0 bridgehead atoms. The summed E-state index contributed by atoms with van der Waals surface area (Å²) >= 11 is 2.63. The molecule has 2 aromatic carbocycles. The van der Waals surface area contributed by atoms with Crippen molar-refractivity contribution in [2.45, 2.75) is 47.1 Å². The lowest BCUT2D eigenvalue weighted by molar-refractivity contribution is -0.117. The predicted octanol–water partition coefficient (Wildman–Crippen LogP) is 7.58. The summed E-state index contributed by atoms with van der Waals surface area (Å²) in [6, 6.07) is 12.1. The first-order valence-electron chi connectivity index (χ1n) is 13.3. The number of thiazole rings is 1. The van der Waals surface area contributed by atoms with E-state index in [2.05, 4.69) is 13.8 Å². The SMILES string of the molecule is CCOc1cc(C2C(C(=O)c3cccs3)=C(O)C(=O)N2c2nc3c(C)cc(C)cc3s2)ccc1OCCC(C)C. The molecule has 0 radical (unpaired) electrons. The van der Waals surface area contributed by atoms with Crippen LogP contribution in [0.3, 0.4) is 0 Å². The van der Waals surface area contributed by atoms with Gasteiger partial charge in [0.1, 0.15) is 0 Å². The average Bonchev–Trinajstić information content (AvgIpc) is 3.64. The molecule has 0 saturated carbocycles. The van der Waals surface area contributed by atoms with Gasteiger partial charge in [-0.05, 0) is 79.4 Å². The summed E-state index contributed by atoms with van der Waals surface area (Å²) in [5.41, 5.74) is 3.51. The number of ether oxygens (including phenoxy) is 2. The first-order chi connectivity index (χ1) is 19.2. The lowest BCUT2D eigenvalue weighted by Crippen LogP contribution is -2.31. The van der Waals surface area contributed by atoms with E-state index in [0.29, 0.717) is 46.2 Å². The summed E-state index contributed by atoms with van der Waals surface area (Å²) < 4.78 is 12.9. The number of carbonyl (C=O) groups excluding carboxylic acids is 2. The summed E-state index contributed by atoms with van der Waals surface area (Å²) in [6.45, 7) is 11.1. The Morgan fingerprint density at radius 3 is 2.62 bits per heavy atom. The van der Waals surface area contributed by atoms with Crippen molar-refractivity contribution in [1.82, 2.24) is 4.98 Å². The zero-order valence-electron chi connectivity index (χ0n) is 23.2. The molecule has 7 nitrogen and oxygen atoms in total. The van der Waals surface area contributed by atoms with Crippen molar-refractivity contribution < 1.29 is 24.2 Å². The van der Waals surface area contributed by atoms with Crippen molar-refractivity contribution in [3.05, 3.63) is 80.7 Å². The third-order valence-corrected chi connectivity index (χ3v) is 8.63. The maximum absolute atomic E-state index is 13.7. The molecule has 2 aromatic heterocycles. The van der Waals surface area contributed by atoms with Gasteiger partial charge >= 0.3 is 0 Å². The van der Waals surface area contributed by atoms with Crippen molar-refractivity contribution in [2.24, 2.45) is 5.92 Å². The number of carbonyl (C=O) groups is 2. The lowest BCUT2D eigenvalue weighted by Gasteiger charge is -2.25. The molecular formula is C31H32N2O5S2. The Morgan fingerprint density at radius 2 is 1.93 bits per heavy atom. The average molecular weight is 577 g/mol. The van der Waals surface area contributed by atoms with E-state index in [1.807, 2.05) is 39.0 Å². The van der Waals surface area contributed by atoms with Crippen LogP contribution in [0.2, 0.25) is 0 Å². The smallest absolute Gasteiger partial charge is 0.296 e. The van der Waals surface area contributed by atoms with E-state index in [9.17, 15) is 14.7 Å². The topological polar surface area (TPSA) is 89.0 Å². The second kappa shape index (κ2) is 11.4. The molecular weight excluding hydrogens is 544 g/mol. The Bertz CT molecular complexity index is 1600. The van der Waals surface area contributed by atoms with E-state index in [0.717, 1.165) is 27.8 Å². The van der Waals surface area contributed by atoms with Crippen molar-refractivity contribution >= 4 is 49.7 Å². The van der Waals surface area contributed by atoms with Crippen LogP contribution in [0.1, 0.15) is 59.6 Å². The standard InChI is InChI=1S/C31H32N2O5S2/c1-6-37-22-16-20(9-10-21(22)38-12-11-17(2)3)27-25(28(34)23-8-7-13-39-23)29(35)30(36)33(27)31-32-26-19(5)14-18(4)15-24(26)40-31/h7-10,13-17,27,35H,6,11-12H2,1-5H3. The number of Topliss-reactive ketones (excluding diaryl/α,β-unsaturated/α-hetero) is 1. The van der Waals surface area contributed by atoms with Crippen LogP contribution in [-0.4, -0.2) is 35.0 Å². The largest absolute Gasteiger partial charge is 0.503 e. The molecule has 0 fully saturated rings. The molecule has 0 saturated heterocycles. The molecule has 1 aliphatic rings. The van der Waals surface area contributed by atoms with Crippen molar-refractivity contribution in [3.8, 4) is 11.5 Å². The minimum absolute atomic E-state index is 0.0236. The fourth-order valence-corrected chi connectivity index (χ4v) is 6.69. The Balaban J connectivity index is 1.64. The number of nitrogens with zero attached hydrogens (tertiary/aromatic N) is 2. The highest BCUT2D eigenvalue weighted by Crippen LogP contribution is 2.46. The van der Waals surface area contributed by atoms with Crippen LogP contribution in [-0.2, 0) is 4.79 Å². The number of hydrogen-bond acceptors (Lipinski definition) is 8. The zero-order chi connectivity index (χ0) is 28.6. The van der Waals surface area contributed by atoms with Gasteiger partial charge in [0.25, 0.3) is 5.91 Å². The monoisotopic (exact) mass is 576 g/mol. The molecule has 40 heavy (non-hydrogen) atoms. The third-order valence-electron chi connectivity index (χ3n) is 6.76. The van der Waals surface area contributed by atoms with Crippen LogP contribution in [0.5, 0.6) is 11.5 Å². The van der Waals surface area contributed by atoms with E-state index in [4.69, 9.17) is 14.5 Å². The summed E-state index contributed by atoms with van der Waals surface area (Å²) in [6.07, 6.45) is 0.894. The highest BCUT2D eigenvalue weighted by molar-refractivity contribution is 7.22. The first-order valence-corrected chi connectivity index (χ1v) is 15.0. The molecule has 5 rings (SSSR count). The second-order valence-corrected chi connectivity index (χ2v) is 12.2. The van der Waals surface area contributed by atoms with Crippen LogP contribution < -0.4 is 14.4 Å². The minimum Gasteiger partial charge on any atom is -0.503 e. The molecule has 0 spiro atoms. The number of hydrogen-bond donors (Lipinski definition) is 1. The number of ketones is 1. The lowest BCUT2D eigenvalue weighted by atomic mass is 9.95. The maximum Gasteiger partial charge on any atom is 0.296 e. The molecule has 1 aliphatic heterocycles. The predicted molar refractivity (Wildman–Crippen MR) is 160 cm³/mol. The van der Waals surface area contributed by atoms with Crippen LogP contribution >= 0.6 is 22.7 Å². The number of aliphatic hydroxyl groups excluding tert-OH is 1. The molecule has 3 heterocycles. The van der Waals surface area contributed by atoms with E-state index in [-0.39, 0.29) is 5.57 Å². The van der Waals surface area contributed by atoms with E-state index >= 15 is 0 Å². The van der Waals surface area contributed by atoms with Gasteiger partial charge in [-0.2, -0.15) is 0 Å². The second-order valence-electron chi connectivity index (χ2n) is 10.2. The van der Waals surface area contributed by atoms with Crippen molar-refractivity contribution in [3.63, 3.8) is 0 Å². The van der Waals surface area contributed by atoms with Gasteiger partial charge in [0, 0.05) is 0 Å². The van der Waals surface area contributed by atoms with Crippen LogP contribution in [0.4, 0.5) is 5.13 Å². The molecule has 4 aromatic rings. The number of aryl methyl sites for hydroxylation is 2. The molecule has 1 unspecified atom stereocenters. The number of aliphatic hydroxyl groups is 1. The van der Waals surface area contributed by atoms with Gasteiger partial charge in [-0.15, -0.1) is 11.3 Å². The molecule has 208 valence electrons. The van der Waals surface area contributed by atoms with Crippen LogP contribution in [0.15, 0.2) is 59.2 Å². The van der Waals surface area contributed by atoms with Crippen molar-refractivity contribution in [1.29, 1.82) is 0 Å². The Hall–Kier alpha value is -3.69. The fourth-order valence-electron chi connectivity index (χ4n) is 4.84. The number of anilines is 1. The molecule has 0 aliphatic carbocycles. The summed E-state index contributed by atoms with van der Waals surface area (Å²) in [4.78, 5) is 34.1. The zero-order valence-corrected chi connectivity index (χ0v) is 24.8. The van der Waals surface area contributed by atoms with Gasteiger partial charge in [-0.1, -0.05) is 43.4 Å². The number of thiophene rings is 1. The summed E-state index contributed by atoms with van der Waals surface area (Å²) in [7, 11) is 0. The Morgan fingerprint density at radius 1 is 1.12 bits per heavy atom. The molecule has 9 heteroatoms. The first kappa shape index (κ1) is 27.9. The number of aromatic nitrogens is 1. The summed E-state index contributed by atoms with van der Waals surface area (Å²) in [5.74, 6) is -0.0159. The van der Waals surface area contributed by atoms with Crippen molar-refractivity contribution in [2.75, 3.05) is 18.1 Å². The quantitative estimate of drug-likeness (QED) is 0.196. The number of benzene rings is 2. The van der Waals surface area contributed by atoms with Gasteiger partial charge in [0.2, 0.25) is 5.78 Å². The number of fused-ring (bicyclic) bond motifs is 1. The Labute approximate surface area is 241 Å². The highest BCUT2D eigenvalue weighted by Gasteiger charge is 2.46. The van der Waals surface area contributed by atoms with Crippen LogP contribution in [0, 0.1) is 19.8 Å². The van der Waals surface area contributed by atoms with E-state index in [1.54, 1.807) is 29.6 Å². The normalized spacial score (nSPS) is 15.5. The molecule has 1 N–H and O–H groups in total. The van der Waals surface area contributed by atoms with Crippen LogP contribution in [0.25, 0.3) is 10.2 Å². The van der Waals surface area contributed by atoms with Gasteiger partial charge in [-0.25, -0.2) is 4.98 Å². The fraction of sp³-hybridized carbons (Fsp3) is 0.323. The van der Waals surface area contributed by atoms with Gasteiger partial charge in [0.15, 0.2) is 22.4 Å². The summed E-state index contributed by atoms with van der Waals surface area (Å²) in [5, 5.41) is 13.4. The molecule has 1 atom stereocenters. The Kier molecular flexibility index (Phi) is 7.96. The van der Waals surface area contributed by atoms with E-state index < -0.39 is 23.5 Å². The molecule has 1 amide bonds.